The summed E-state index contributed by atoms with van der Waals surface area (Å²) in [7, 11) is 1.20. The minimum atomic E-state index is -1.13. The Morgan fingerprint density at radius 1 is 0.955 bits per heavy atom. The van der Waals surface area contributed by atoms with E-state index in [9.17, 15) is 14.7 Å². The van der Waals surface area contributed by atoms with Crippen LogP contribution in [0.15, 0.2) is 60.7 Å². The largest absolute Gasteiger partial charge is 0.480 e. The topological polar surface area (TPSA) is 75.6 Å². The van der Waals surface area contributed by atoms with Crippen molar-refractivity contribution in [3.8, 4) is 0 Å². The molecule has 2 aromatic rings. The number of ether oxygens (including phenoxy) is 1. The zero-order chi connectivity index (χ0) is 15.9. The van der Waals surface area contributed by atoms with Crippen molar-refractivity contribution in [2.45, 2.75) is 12.0 Å². The normalized spacial score (nSPS) is 11.7. The zero-order valence-electron chi connectivity index (χ0n) is 12.1. The number of benzene rings is 2. The van der Waals surface area contributed by atoms with Crippen molar-refractivity contribution in [3.05, 3.63) is 71.8 Å². The second-order valence-electron chi connectivity index (χ2n) is 4.75. The molecule has 0 aliphatic rings. The van der Waals surface area contributed by atoms with Crippen molar-refractivity contribution in [2.24, 2.45) is 0 Å². The van der Waals surface area contributed by atoms with Crippen LogP contribution < -0.4 is 5.32 Å². The third-order valence-electron chi connectivity index (χ3n) is 3.38. The van der Waals surface area contributed by atoms with Crippen LogP contribution in [0.2, 0.25) is 0 Å². The summed E-state index contributed by atoms with van der Waals surface area (Å²) in [5, 5.41) is 11.9. The molecule has 114 valence electrons. The maximum Gasteiger partial charge on any atom is 0.407 e. The minimum absolute atomic E-state index is 0.515. The number of hydrogen-bond donors (Lipinski definition) is 2. The third-order valence-corrected chi connectivity index (χ3v) is 3.38. The van der Waals surface area contributed by atoms with Gasteiger partial charge in [-0.2, -0.15) is 0 Å². The monoisotopic (exact) mass is 299 g/mol. The lowest BCUT2D eigenvalue weighted by molar-refractivity contribution is -0.139. The van der Waals surface area contributed by atoms with Crippen LogP contribution in [0, 0.1) is 0 Å². The molecule has 0 spiro atoms. The summed E-state index contributed by atoms with van der Waals surface area (Å²) in [6.07, 6.45) is -0.774. The lowest BCUT2D eigenvalue weighted by atomic mass is 9.85. The average molecular weight is 299 g/mol. The van der Waals surface area contributed by atoms with E-state index in [1.54, 1.807) is 0 Å². The van der Waals surface area contributed by atoms with Crippen LogP contribution in [0.4, 0.5) is 4.79 Å². The van der Waals surface area contributed by atoms with Gasteiger partial charge < -0.3 is 15.2 Å². The first-order chi connectivity index (χ1) is 10.6. The summed E-state index contributed by atoms with van der Waals surface area (Å²) < 4.78 is 4.54. The Morgan fingerprint density at radius 3 is 1.77 bits per heavy atom. The Bertz CT molecular complexity index is 588. The quantitative estimate of drug-likeness (QED) is 0.890. The van der Waals surface area contributed by atoms with Crippen LogP contribution in [0.1, 0.15) is 17.0 Å². The smallest absolute Gasteiger partial charge is 0.407 e. The molecule has 0 aliphatic carbocycles. The van der Waals surface area contributed by atoms with Crippen molar-refractivity contribution in [1.29, 1.82) is 0 Å². The fourth-order valence-electron chi connectivity index (χ4n) is 2.37. The molecule has 22 heavy (non-hydrogen) atoms. The highest BCUT2D eigenvalue weighted by atomic mass is 16.5. The number of aliphatic carboxylic acids is 1. The highest BCUT2D eigenvalue weighted by molar-refractivity contribution is 5.81. The van der Waals surface area contributed by atoms with Crippen LogP contribution >= 0.6 is 0 Å². The van der Waals surface area contributed by atoms with Gasteiger partial charge >= 0.3 is 12.1 Å². The van der Waals surface area contributed by atoms with Gasteiger partial charge in [-0.1, -0.05) is 60.7 Å². The fourth-order valence-corrected chi connectivity index (χ4v) is 2.37. The van der Waals surface area contributed by atoms with Gasteiger partial charge in [0.1, 0.15) is 6.04 Å². The van der Waals surface area contributed by atoms with E-state index < -0.39 is 24.0 Å². The van der Waals surface area contributed by atoms with E-state index in [-0.39, 0.29) is 0 Å². The standard InChI is InChI=1S/C17H17NO4/c1-22-17(21)18-15(16(19)20)14(12-8-4-2-5-9-12)13-10-6-3-7-11-13/h2-11,14-15H,1H3,(H,18,21)(H,19,20)/t15-/m1/s1. The van der Waals surface area contributed by atoms with Crippen molar-refractivity contribution in [3.63, 3.8) is 0 Å². The second-order valence-corrected chi connectivity index (χ2v) is 4.75. The molecule has 2 N–H and O–H groups in total. The number of carboxylic acid groups (broad SMARTS) is 1. The lowest BCUT2D eigenvalue weighted by Gasteiger charge is -2.25. The summed E-state index contributed by atoms with van der Waals surface area (Å²) in [6.45, 7) is 0. The van der Waals surface area contributed by atoms with Crippen LogP contribution in [0.25, 0.3) is 0 Å². The summed E-state index contributed by atoms with van der Waals surface area (Å²) in [5.41, 5.74) is 1.61. The van der Waals surface area contributed by atoms with Crippen LogP contribution in [-0.2, 0) is 9.53 Å². The molecule has 5 nitrogen and oxygen atoms in total. The molecule has 0 aliphatic heterocycles. The Morgan fingerprint density at radius 2 is 1.41 bits per heavy atom. The predicted octanol–water partition coefficient (Wildman–Crippen LogP) is 2.63. The van der Waals surface area contributed by atoms with E-state index in [0.29, 0.717) is 0 Å². The molecule has 2 aromatic carbocycles. The fraction of sp³-hybridized carbons (Fsp3) is 0.176. The maximum absolute atomic E-state index is 11.7. The van der Waals surface area contributed by atoms with E-state index in [1.807, 2.05) is 60.7 Å². The number of methoxy groups -OCH3 is 1. The van der Waals surface area contributed by atoms with Gasteiger partial charge in [0, 0.05) is 5.92 Å². The Labute approximate surface area is 128 Å². The number of carboxylic acids is 1. The Kier molecular flexibility index (Phi) is 5.14. The average Bonchev–Trinajstić information content (AvgIpc) is 2.56. The van der Waals surface area contributed by atoms with E-state index >= 15 is 0 Å². The summed E-state index contributed by atoms with van der Waals surface area (Å²) >= 11 is 0. The molecule has 0 aromatic heterocycles. The molecule has 0 radical (unpaired) electrons. The Balaban J connectivity index is 2.46. The Hall–Kier alpha value is -2.82. The highest BCUT2D eigenvalue weighted by Gasteiger charge is 2.32. The molecule has 0 bridgehead atoms. The van der Waals surface area contributed by atoms with Gasteiger partial charge in [0.05, 0.1) is 7.11 Å². The number of alkyl carbamates (subject to hydrolysis) is 1. The molecule has 5 heteroatoms. The summed E-state index contributed by atoms with van der Waals surface area (Å²) in [6, 6.07) is 17.3. The number of carbonyl (C=O) groups excluding carboxylic acids is 1. The third kappa shape index (κ3) is 3.63. The van der Waals surface area contributed by atoms with Crippen molar-refractivity contribution in [1.82, 2.24) is 5.32 Å². The molecule has 2 rings (SSSR count). The van der Waals surface area contributed by atoms with Crippen molar-refractivity contribution in [2.75, 3.05) is 7.11 Å². The molecule has 0 unspecified atom stereocenters. The minimum Gasteiger partial charge on any atom is -0.480 e. The summed E-state index contributed by atoms with van der Waals surface area (Å²) in [4.78, 5) is 23.2. The van der Waals surface area contributed by atoms with E-state index in [1.165, 1.54) is 7.11 Å². The van der Waals surface area contributed by atoms with Crippen molar-refractivity contribution < 1.29 is 19.4 Å². The van der Waals surface area contributed by atoms with Gasteiger partial charge in [-0.15, -0.1) is 0 Å². The molecule has 0 saturated heterocycles. The molecule has 0 heterocycles. The first-order valence-electron chi connectivity index (χ1n) is 6.80. The van der Waals surface area contributed by atoms with Gasteiger partial charge in [-0.3, -0.25) is 0 Å². The predicted molar refractivity (Wildman–Crippen MR) is 81.7 cm³/mol. The van der Waals surface area contributed by atoms with Crippen LogP contribution in [0.5, 0.6) is 0 Å². The second kappa shape index (κ2) is 7.26. The van der Waals surface area contributed by atoms with E-state index in [0.717, 1.165) is 11.1 Å². The van der Waals surface area contributed by atoms with Crippen LogP contribution in [-0.4, -0.2) is 30.3 Å². The van der Waals surface area contributed by atoms with Crippen molar-refractivity contribution >= 4 is 12.1 Å². The van der Waals surface area contributed by atoms with Gasteiger partial charge in [-0.05, 0) is 11.1 Å². The van der Waals surface area contributed by atoms with E-state index in [2.05, 4.69) is 10.1 Å². The molecule has 1 atom stereocenters. The van der Waals surface area contributed by atoms with Crippen LogP contribution in [0.3, 0.4) is 0 Å². The molecular weight excluding hydrogens is 282 g/mol. The lowest BCUT2D eigenvalue weighted by Crippen LogP contribution is -2.45. The first-order valence-corrected chi connectivity index (χ1v) is 6.80. The van der Waals surface area contributed by atoms with Gasteiger partial charge in [0.25, 0.3) is 0 Å². The zero-order valence-corrected chi connectivity index (χ0v) is 12.1. The van der Waals surface area contributed by atoms with Gasteiger partial charge in [0.15, 0.2) is 0 Å². The molecule has 1 amide bonds. The molecule has 0 fully saturated rings. The first kappa shape index (κ1) is 15.6. The number of amides is 1. The number of nitrogens with one attached hydrogen (secondary N) is 1. The van der Waals surface area contributed by atoms with Gasteiger partial charge in [-0.25, -0.2) is 9.59 Å². The number of rotatable bonds is 5. The van der Waals surface area contributed by atoms with E-state index in [4.69, 9.17) is 0 Å². The number of hydrogen-bond acceptors (Lipinski definition) is 3. The molecule has 0 saturated carbocycles. The van der Waals surface area contributed by atoms with Gasteiger partial charge in [0.2, 0.25) is 0 Å². The number of carbonyl (C=O) groups is 2. The molecular formula is C17H17NO4. The summed E-state index contributed by atoms with van der Waals surface area (Å²) in [5.74, 6) is -1.64. The SMILES string of the molecule is COC(=O)N[C@@H](C(=O)O)C(c1ccccc1)c1ccccc1. The highest BCUT2D eigenvalue weighted by Crippen LogP contribution is 2.28. The maximum atomic E-state index is 11.7.